The Balaban J connectivity index is 1.81. The summed E-state index contributed by atoms with van der Waals surface area (Å²) in [4.78, 5) is 24.8. The van der Waals surface area contributed by atoms with E-state index >= 15 is 0 Å². The first kappa shape index (κ1) is 19.5. The van der Waals surface area contributed by atoms with E-state index in [0.29, 0.717) is 18.1 Å². The lowest BCUT2D eigenvalue weighted by Gasteiger charge is -2.23. The Morgan fingerprint density at radius 2 is 1.84 bits per heavy atom. The highest BCUT2D eigenvalue weighted by Gasteiger charge is 2.35. The molecule has 0 aliphatic heterocycles. The van der Waals surface area contributed by atoms with Crippen molar-refractivity contribution in [3.8, 4) is 0 Å². The van der Waals surface area contributed by atoms with E-state index in [2.05, 4.69) is 16.7 Å². The van der Waals surface area contributed by atoms with Gasteiger partial charge in [0.15, 0.2) is 0 Å². The van der Waals surface area contributed by atoms with Crippen molar-refractivity contribution < 1.29 is 9.59 Å². The molecule has 5 heteroatoms. The summed E-state index contributed by atoms with van der Waals surface area (Å²) in [6.07, 6.45) is 7.89. The van der Waals surface area contributed by atoms with Crippen LogP contribution in [-0.2, 0) is 16.1 Å². The molecule has 0 unspecified atom stereocenters. The molecule has 1 aromatic carbocycles. The van der Waals surface area contributed by atoms with E-state index in [9.17, 15) is 9.59 Å². The molecule has 0 saturated heterocycles. The van der Waals surface area contributed by atoms with Crippen LogP contribution >= 0.6 is 11.6 Å². The van der Waals surface area contributed by atoms with Gasteiger partial charge in [-0.25, -0.2) is 0 Å². The minimum absolute atomic E-state index is 0.249. The van der Waals surface area contributed by atoms with Gasteiger partial charge < -0.3 is 10.6 Å². The van der Waals surface area contributed by atoms with E-state index in [1.54, 1.807) is 19.9 Å². The summed E-state index contributed by atoms with van der Waals surface area (Å²) in [5.41, 5.74) is 1.12. The molecule has 0 aromatic heterocycles. The quantitative estimate of drug-likeness (QED) is 0.569. The number of nitrogens with one attached hydrogen (secondary N) is 2. The second-order valence-electron chi connectivity index (χ2n) is 7.01. The molecular formula is C20H27ClN2O2. The number of halogens is 1. The maximum Gasteiger partial charge on any atom is 0.235 e. The highest BCUT2D eigenvalue weighted by Crippen LogP contribution is 2.21. The summed E-state index contributed by atoms with van der Waals surface area (Å²) >= 11 is 6.09. The van der Waals surface area contributed by atoms with Gasteiger partial charge in [0.25, 0.3) is 0 Å². The van der Waals surface area contributed by atoms with E-state index in [1.807, 2.05) is 18.2 Å². The Labute approximate surface area is 155 Å². The van der Waals surface area contributed by atoms with Gasteiger partial charge in [0.05, 0.1) is 0 Å². The van der Waals surface area contributed by atoms with Crippen LogP contribution in [0.1, 0.15) is 51.5 Å². The van der Waals surface area contributed by atoms with Crippen LogP contribution in [0.2, 0.25) is 5.02 Å². The predicted octanol–water partition coefficient (Wildman–Crippen LogP) is 3.99. The minimum Gasteiger partial charge on any atom is -0.355 e. The molecule has 0 spiro atoms. The molecule has 2 rings (SSSR count). The molecular weight excluding hydrogens is 336 g/mol. The first-order valence-corrected chi connectivity index (χ1v) is 9.27. The Kier molecular flexibility index (Phi) is 7.06. The zero-order valence-electron chi connectivity index (χ0n) is 15.0. The van der Waals surface area contributed by atoms with Crippen molar-refractivity contribution in [3.63, 3.8) is 0 Å². The fourth-order valence-electron chi connectivity index (χ4n) is 2.83. The maximum absolute atomic E-state index is 12.4. The van der Waals surface area contributed by atoms with Gasteiger partial charge in [-0.3, -0.25) is 9.59 Å². The van der Waals surface area contributed by atoms with E-state index in [1.165, 1.54) is 18.4 Å². The lowest BCUT2D eigenvalue weighted by molar-refractivity contribution is -0.141. The zero-order chi connectivity index (χ0) is 18.3. The van der Waals surface area contributed by atoms with Crippen LogP contribution in [-0.4, -0.2) is 18.4 Å². The van der Waals surface area contributed by atoms with E-state index in [0.717, 1.165) is 24.8 Å². The fourth-order valence-corrected chi connectivity index (χ4v) is 3.03. The van der Waals surface area contributed by atoms with Crippen molar-refractivity contribution >= 4 is 23.4 Å². The summed E-state index contributed by atoms with van der Waals surface area (Å²) in [5.74, 6) is -0.553. The van der Waals surface area contributed by atoms with E-state index < -0.39 is 5.41 Å². The Hall–Kier alpha value is -1.81. The Morgan fingerprint density at radius 3 is 2.52 bits per heavy atom. The first-order valence-electron chi connectivity index (χ1n) is 8.89. The van der Waals surface area contributed by atoms with Gasteiger partial charge in [-0.05, 0) is 57.6 Å². The third-order valence-electron chi connectivity index (χ3n) is 4.65. The van der Waals surface area contributed by atoms with Gasteiger partial charge >= 0.3 is 0 Å². The molecule has 25 heavy (non-hydrogen) atoms. The fraction of sp³-hybridized carbons (Fsp3) is 0.500. The molecule has 1 aromatic rings. The first-order chi connectivity index (χ1) is 11.9. The highest BCUT2D eigenvalue weighted by atomic mass is 35.5. The molecule has 2 N–H and O–H groups in total. The monoisotopic (exact) mass is 362 g/mol. The number of rotatable bonds is 7. The summed E-state index contributed by atoms with van der Waals surface area (Å²) in [5, 5.41) is 6.30. The Bertz CT molecular complexity index is 653. The van der Waals surface area contributed by atoms with Crippen molar-refractivity contribution in [1.82, 2.24) is 10.6 Å². The summed E-state index contributed by atoms with van der Waals surface area (Å²) in [6.45, 7) is 4.17. The Morgan fingerprint density at radius 1 is 1.12 bits per heavy atom. The molecule has 0 atom stereocenters. The zero-order valence-corrected chi connectivity index (χ0v) is 15.8. The molecule has 136 valence electrons. The number of amides is 2. The van der Waals surface area contributed by atoms with Crippen molar-refractivity contribution in [1.29, 1.82) is 0 Å². The standard InChI is InChI=1S/C20H27ClN2O2/c1-20(2,18(24)22-13-12-15-8-4-3-5-9-15)19(25)23-14-16-10-6-7-11-17(16)21/h6-8,10-11H,3-5,9,12-14H2,1-2H3,(H,22,24)(H,23,25). The lowest BCUT2D eigenvalue weighted by atomic mass is 9.90. The third kappa shape index (κ3) is 5.60. The molecule has 0 saturated carbocycles. The van der Waals surface area contributed by atoms with Crippen molar-refractivity contribution in [3.05, 3.63) is 46.5 Å². The normalized spacial score (nSPS) is 14.6. The van der Waals surface area contributed by atoms with Gasteiger partial charge in [0, 0.05) is 18.1 Å². The van der Waals surface area contributed by atoms with Crippen LogP contribution < -0.4 is 10.6 Å². The molecule has 1 aliphatic rings. The SMILES string of the molecule is CC(C)(C(=O)NCCC1=CCCCC1)C(=O)NCc1ccccc1Cl. The maximum atomic E-state index is 12.4. The largest absolute Gasteiger partial charge is 0.355 e. The molecule has 4 nitrogen and oxygen atoms in total. The van der Waals surface area contributed by atoms with E-state index in [4.69, 9.17) is 11.6 Å². The molecule has 0 fully saturated rings. The number of carbonyl (C=O) groups is 2. The van der Waals surface area contributed by atoms with Crippen molar-refractivity contribution in [2.24, 2.45) is 5.41 Å². The van der Waals surface area contributed by atoms with Gasteiger partial charge in [0.1, 0.15) is 5.41 Å². The second-order valence-corrected chi connectivity index (χ2v) is 7.42. The molecule has 1 aliphatic carbocycles. The van der Waals surface area contributed by atoms with Crippen LogP contribution in [0.4, 0.5) is 0 Å². The average Bonchev–Trinajstić information content (AvgIpc) is 2.61. The minimum atomic E-state index is -1.12. The van der Waals surface area contributed by atoms with Gasteiger partial charge in [0.2, 0.25) is 11.8 Å². The van der Waals surface area contributed by atoms with Crippen molar-refractivity contribution in [2.75, 3.05) is 6.54 Å². The molecule has 2 amide bonds. The van der Waals surface area contributed by atoms with Gasteiger partial charge in [-0.15, -0.1) is 0 Å². The predicted molar refractivity (Wildman–Crippen MR) is 101 cm³/mol. The second kappa shape index (κ2) is 9.04. The number of hydrogen-bond acceptors (Lipinski definition) is 2. The lowest BCUT2D eigenvalue weighted by Crippen LogP contribution is -2.47. The van der Waals surface area contributed by atoms with Crippen LogP contribution in [0.25, 0.3) is 0 Å². The van der Waals surface area contributed by atoms with E-state index in [-0.39, 0.29) is 11.8 Å². The number of benzene rings is 1. The molecule has 0 radical (unpaired) electrons. The molecule has 0 heterocycles. The molecule has 0 bridgehead atoms. The smallest absolute Gasteiger partial charge is 0.235 e. The highest BCUT2D eigenvalue weighted by molar-refractivity contribution is 6.31. The number of carbonyl (C=O) groups excluding carboxylic acids is 2. The van der Waals surface area contributed by atoms with Gasteiger partial charge in [-0.2, -0.15) is 0 Å². The van der Waals surface area contributed by atoms with Crippen LogP contribution in [0, 0.1) is 5.41 Å². The number of allylic oxidation sites excluding steroid dienone is 1. The third-order valence-corrected chi connectivity index (χ3v) is 5.02. The average molecular weight is 363 g/mol. The van der Waals surface area contributed by atoms with Gasteiger partial charge in [-0.1, -0.05) is 41.4 Å². The summed E-state index contributed by atoms with van der Waals surface area (Å²) in [7, 11) is 0. The summed E-state index contributed by atoms with van der Waals surface area (Å²) in [6, 6.07) is 7.34. The summed E-state index contributed by atoms with van der Waals surface area (Å²) < 4.78 is 0. The van der Waals surface area contributed by atoms with Crippen LogP contribution in [0.15, 0.2) is 35.9 Å². The topological polar surface area (TPSA) is 58.2 Å². The van der Waals surface area contributed by atoms with Crippen LogP contribution in [0.5, 0.6) is 0 Å². The van der Waals surface area contributed by atoms with Crippen molar-refractivity contribution in [2.45, 2.75) is 52.5 Å². The van der Waals surface area contributed by atoms with Crippen LogP contribution in [0.3, 0.4) is 0 Å². The number of hydrogen-bond donors (Lipinski definition) is 2.